The Morgan fingerprint density at radius 3 is 2.33 bits per heavy atom. The maximum atomic E-state index is 11.5. The molecule has 0 heterocycles. The van der Waals surface area contributed by atoms with Crippen LogP contribution in [0, 0.1) is 5.41 Å². The number of nitrogens with one attached hydrogen (secondary N) is 1. The van der Waals surface area contributed by atoms with E-state index < -0.39 is 5.41 Å². The van der Waals surface area contributed by atoms with Gasteiger partial charge in [-0.05, 0) is 33.2 Å². The van der Waals surface area contributed by atoms with Gasteiger partial charge < -0.3 is 15.8 Å². The lowest BCUT2D eigenvalue weighted by molar-refractivity contribution is -0.150. The minimum absolute atomic E-state index is 0.0141. The number of ether oxygens (including phenoxy) is 1. The highest BCUT2D eigenvalue weighted by atomic mass is 16.5. The van der Waals surface area contributed by atoms with Crippen LogP contribution in [0.2, 0.25) is 0 Å². The van der Waals surface area contributed by atoms with Gasteiger partial charge in [-0.3, -0.25) is 9.59 Å². The first-order valence-electron chi connectivity index (χ1n) is 6.49. The first-order chi connectivity index (χ1) is 8.44. The molecule has 0 bridgehead atoms. The fourth-order valence-corrected chi connectivity index (χ4v) is 1.54. The second kappa shape index (κ2) is 8.91. The summed E-state index contributed by atoms with van der Waals surface area (Å²) in [7, 11) is 1.35. The van der Waals surface area contributed by atoms with E-state index in [9.17, 15) is 9.59 Å². The molecule has 3 N–H and O–H groups in total. The van der Waals surface area contributed by atoms with Crippen LogP contribution in [0.5, 0.6) is 0 Å². The van der Waals surface area contributed by atoms with Gasteiger partial charge in [0.05, 0.1) is 12.5 Å². The average molecular weight is 258 g/mol. The van der Waals surface area contributed by atoms with E-state index in [-0.39, 0.29) is 11.9 Å². The lowest BCUT2D eigenvalue weighted by Gasteiger charge is -2.21. The molecule has 0 spiro atoms. The second-order valence-corrected chi connectivity index (χ2v) is 5.11. The quantitative estimate of drug-likeness (QED) is 0.481. The number of methoxy groups -OCH3 is 1. The van der Waals surface area contributed by atoms with Gasteiger partial charge in [-0.25, -0.2) is 0 Å². The van der Waals surface area contributed by atoms with Crippen molar-refractivity contribution in [1.29, 1.82) is 0 Å². The van der Waals surface area contributed by atoms with E-state index in [0.29, 0.717) is 19.5 Å². The normalized spacial score (nSPS) is 11.1. The monoisotopic (exact) mass is 258 g/mol. The van der Waals surface area contributed by atoms with Crippen LogP contribution in [0.3, 0.4) is 0 Å². The van der Waals surface area contributed by atoms with Crippen molar-refractivity contribution in [2.75, 3.05) is 20.2 Å². The smallest absolute Gasteiger partial charge is 0.313 e. The number of nitrogens with two attached hydrogens (primary N) is 1. The zero-order chi connectivity index (χ0) is 14.0. The van der Waals surface area contributed by atoms with E-state index in [1.165, 1.54) is 7.11 Å². The van der Waals surface area contributed by atoms with Crippen molar-refractivity contribution in [1.82, 2.24) is 5.32 Å². The molecule has 1 amide bonds. The summed E-state index contributed by atoms with van der Waals surface area (Å²) in [4.78, 5) is 22.9. The average Bonchev–Trinajstić information content (AvgIpc) is 2.35. The van der Waals surface area contributed by atoms with E-state index in [4.69, 9.17) is 5.73 Å². The molecule has 0 aliphatic heterocycles. The van der Waals surface area contributed by atoms with Gasteiger partial charge in [-0.15, -0.1) is 0 Å². The van der Waals surface area contributed by atoms with Crippen LogP contribution in [0.25, 0.3) is 0 Å². The second-order valence-electron chi connectivity index (χ2n) is 5.11. The zero-order valence-electron chi connectivity index (χ0n) is 11.8. The number of esters is 1. The first-order valence-corrected chi connectivity index (χ1v) is 6.49. The molecule has 106 valence electrons. The SMILES string of the molecule is COC(=O)C(C)(C)CNC(=O)CCCCCCN. The largest absolute Gasteiger partial charge is 0.469 e. The first kappa shape index (κ1) is 16.9. The predicted octanol–water partition coefficient (Wildman–Crippen LogP) is 1.21. The van der Waals surface area contributed by atoms with Crippen LogP contribution in [-0.2, 0) is 14.3 Å². The Hall–Kier alpha value is -1.10. The minimum atomic E-state index is -0.677. The number of rotatable bonds is 9. The van der Waals surface area contributed by atoms with E-state index >= 15 is 0 Å². The third-order valence-electron chi connectivity index (χ3n) is 2.82. The van der Waals surface area contributed by atoms with Crippen LogP contribution in [0.1, 0.15) is 46.0 Å². The number of carbonyl (C=O) groups excluding carboxylic acids is 2. The van der Waals surface area contributed by atoms with Gasteiger partial charge in [0.1, 0.15) is 0 Å². The number of unbranched alkanes of at least 4 members (excludes halogenated alkanes) is 3. The van der Waals surface area contributed by atoms with Crippen LogP contribution in [-0.4, -0.2) is 32.1 Å². The Morgan fingerprint density at radius 1 is 1.17 bits per heavy atom. The molecular formula is C13H26N2O3. The molecule has 0 aliphatic carbocycles. The molecule has 5 heteroatoms. The summed E-state index contributed by atoms with van der Waals surface area (Å²) in [5.41, 5.74) is 4.71. The fraction of sp³-hybridized carbons (Fsp3) is 0.846. The predicted molar refractivity (Wildman–Crippen MR) is 70.9 cm³/mol. The van der Waals surface area contributed by atoms with Gasteiger partial charge in [0, 0.05) is 13.0 Å². The van der Waals surface area contributed by atoms with Crippen LogP contribution in [0.4, 0.5) is 0 Å². The summed E-state index contributed by atoms with van der Waals surface area (Å²) >= 11 is 0. The Bertz CT molecular complexity index is 265. The van der Waals surface area contributed by atoms with Crippen LogP contribution < -0.4 is 11.1 Å². The fourth-order valence-electron chi connectivity index (χ4n) is 1.54. The summed E-state index contributed by atoms with van der Waals surface area (Å²) in [6, 6.07) is 0. The summed E-state index contributed by atoms with van der Waals surface area (Å²) < 4.78 is 4.67. The van der Waals surface area contributed by atoms with E-state index in [2.05, 4.69) is 10.1 Å². The number of amides is 1. The van der Waals surface area contributed by atoms with Gasteiger partial charge in [-0.1, -0.05) is 12.8 Å². The molecule has 0 aromatic rings. The van der Waals surface area contributed by atoms with Gasteiger partial charge in [0.2, 0.25) is 5.91 Å². The molecule has 5 nitrogen and oxygen atoms in total. The van der Waals surface area contributed by atoms with Crippen molar-refractivity contribution in [3.63, 3.8) is 0 Å². The standard InChI is InChI=1S/C13H26N2O3/c1-13(2,12(17)18-3)10-15-11(16)8-6-4-5-7-9-14/h4-10,14H2,1-3H3,(H,15,16). The molecule has 0 atom stereocenters. The Kier molecular flexibility index (Phi) is 8.37. The molecule has 0 saturated heterocycles. The van der Waals surface area contributed by atoms with Crippen molar-refractivity contribution in [3.05, 3.63) is 0 Å². The maximum Gasteiger partial charge on any atom is 0.313 e. The van der Waals surface area contributed by atoms with Gasteiger partial charge in [0.15, 0.2) is 0 Å². The van der Waals surface area contributed by atoms with Gasteiger partial charge in [-0.2, -0.15) is 0 Å². The molecule has 0 aromatic heterocycles. The Morgan fingerprint density at radius 2 is 1.78 bits per heavy atom. The molecule has 0 aliphatic rings. The van der Waals surface area contributed by atoms with Crippen molar-refractivity contribution >= 4 is 11.9 Å². The summed E-state index contributed by atoms with van der Waals surface area (Å²) in [5, 5.41) is 2.76. The molecule has 0 fully saturated rings. The topological polar surface area (TPSA) is 81.4 Å². The number of hydrogen-bond donors (Lipinski definition) is 2. The summed E-state index contributed by atoms with van der Waals surface area (Å²) in [6.07, 6.45) is 4.46. The van der Waals surface area contributed by atoms with E-state index in [1.807, 2.05) is 0 Å². The molecule has 18 heavy (non-hydrogen) atoms. The highest BCUT2D eigenvalue weighted by molar-refractivity contribution is 5.79. The Balaban J connectivity index is 3.73. The van der Waals surface area contributed by atoms with Crippen molar-refractivity contribution in [3.8, 4) is 0 Å². The molecule has 0 saturated carbocycles. The van der Waals surface area contributed by atoms with Gasteiger partial charge in [0.25, 0.3) is 0 Å². The van der Waals surface area contributed by atoms with Crippen LogP contribution >= 0.6 is 0 Å². The summed E-state index contributed by atoms with van der Waals surface area (Å²) in [6.45, 7) is 4.52. The number of hydrogen-bond acceptors (Lipinski definition) is 4. The van der Waals surface area contributed by atoms with E-state index in [1.54, 1.807) is 13.8 Å². The highest BCUT2D eigenvalue weighted by Gasteiger charge is 2.28. The molecular weight excluding hydrogens is 232 g/mol. The van der Waals surface area contributed by atoms with Crippen molar-refractivity contribution in [2.45, 2.75) is 46.0 Å². The summed E-state index contributed by atoms with van der Waals surface area (Å²) in [5.74, 6) is -0.328. The molecule has 0 radical (unpaired) electrons. The van der Waals surface area contributed by atoms with E-state index in [0.717, 1.165) is 25.7 Å². The third kappa shape index (κ3) is 7.27. The molecule has 0 unspecified atom stereocenters. The van der Waals surface area contributed by atoms with Crippen molar-refractivity contribution in [2.24, 2.45) is 11.1 Å². The Labute approximate surface area is 109 Å². The number of carbonyl (C=O) groups is 2. The lowest BCUT2D eigenvalue weighted by Crippen LogP contribution is -2.39. The lowest BCUT2D eigenvalue weighted by atomic mass is 9.93. The van der Waals surface area contributed by atoms with Crippen molar-refractivity contribution < 1.29 is 14.3 Å². The maximum absolute atomic E-state index is 11.5. The zero-order valence-corrected chi connectivity index (χ0v) is 11.8. The van der Waals surface area contributed by atoms with Gasteiger partial charge >= 0.3 is 5.97 Å². The third-order valence-corrected chi connectivity index (χ3v) is 2.82. The van der Waals surface area contributed by atoms with Crippen LogP contribution in [0.15, 0.2) is 0 Å². The molecule has 0 rings (SSSR count). The minimum Gasteiger partial charge on any atom is -0.469 e. The highest BCUT2D eigenvalue weighted by Crippen LogP contribution is 2.15. The molecule has 0 aromatic carbocycles.